The topological polar surface area (TPSA) is 42.7 Å². The summed E-state index contributed by atoms with van der Waals surface area (Å²) in [5.74, 6) is 0.594. The fourth-order valence-electron chi connectivity index (χ4n) is 3.18. The smallest absolute Gasteiger partial charge is 0.347 e. The number of nitrogens with zero attached hydrogens (tertiary/aromatic N) is 1. The van der Waals surface area contributed by atoms with Crippen LogP contribution in [0.15, 0.2) is 63.3 Å². The van der Waals surface area contributed by atoms with Crippen LogP contribution in [0, 0.1) is 0 Å². The molecular formula is C21H19NO3. The number of hydrogen-bond donors (Lipinski definition) is 0. The third kappa shape index (κ3) is 2.60. The standard InChI is InChI=1S/C21H19NO3/c1-13-11-17-20(25-19(13)14-7-5-4-6-8-14)16-10-9-15(22(2)3)12-18(16)24-21(17)23/h4-12,19H,1-3H3. The number of anilines is 1. The fraction of sp³-hybridized carbons (Fsp3) is 0.190. The highest BCUT2D eigenvalue weighted by atomic mass is 16.5. The van der Waals surface area contributed by atoms with Gasteiger partial charge in [0.1, 0.15) is 23.0 Å². The monoisotopic (exact) mass is 333 g/mol. The van der Waals surface area contributed by atoms with Crippen LogP contribution < -0.4 is 15.3 Å². The molecule has 0 aliphatic carbocycles. The summed E-state index contributed by atoms with van der Waals surface area (Å²) in [5, 5.41) is 0.810. The largest absolute Gasteiger partial charge is 0.480 e. The van der Waals surface area contributed by atoms with E-state index in [2.05, 4.69) is 0 Å². The fourth-order valence-corrected chi connectivity index (χ4v) is 3.18. The summed E-state index contributed by atoms with van der Waals surface area (Å²) in [4.78, 5) is 14.4. The van der Waals surface area contributed by atoms with Gasteiger partial charge in [0, 0.05) is 25.8 Å². The second-order valence-electron chi connectivity index (χ2n) is 6.50. The van der Waals surface area contributed by atoms with Crippen LogP contribution in [-0.2, 0) is 0 Å². The zero-order valence-corrected chi connectivity index (χ0v) is 14.4. The first-order chi connectivity index (χ1) is 12.0. The van der Waals surface area contributed by atoms with E-state index in [1.165, 1.54) is 0 Å². The van der Waals surface area contributed by atoms with E-state index < -0.39 is 0 Å². The first-order valence-electron chi connectivity index (χ1n) is 8.22. The van der Waals surface area contributed by atoms with Crippen LogP contribution in [-0.4, -0.2) is 14.1 Å². The molecule has 0 fully saturated rings. The van der Waals surface area contributed by atoms with Gasteiger partial charge in [-0.3, -0.25) is 0 Å². The van der Waals surface area contributed by atoms with Gasteiger partial charge in [-0.15, -0.1) is 0 Å². The summed E-state index contributed by atoms with van der Waals surface area (Å²) in [6.45, 7) is 1.97. The van der Waals surface area contributed by atoms with Crippen molar-refractivity contribution in [3.8, 4) is 5.75 Å². The molecule has 4 heteroatoms. The van der Waals surface area contributed by atoms with Crippen molar-refractivity contribution in [3.63, 3.8) is 0 Å². The highest BCUT2D eigenvalue weighted by molar-refractivity contribution is 5.90. The van der Waals surface area contributed by atoms with Gasteiger partial charge in [0.05, 0.1) is 5.39 Å². The maximum Gasteiger partial charge on any atom is 0.347 e. The van der Waals surface area contributed by atoms with E-state index >= 15 is 0 Å². The van der Waals surface area contributed by atoms with Gasteiger partial charge in [-0.05, 0) is 36.3 Å². The lowest BCUT2D eigenvalue weighted by Gasteiger charge is -2.26. The van der Waals surface area contributed by atoms with Crippen molar-refractivity contribution in [2.75, 3.05) is 19.0 Å². The molecule has 0 N–H and O–H groups in total. The summed E-state index contributed by atoms with van der Waals surface area (Å²) in [6.07, 6.45) is 1.67. The molecule has 2 heterocycles. The van der Waals surface area contributed by atoms with E-state index in [0.717, 1.165) is 22.2 Å². The van der Waals surface area contributed by atoms with Crippen LogP contribution in [0.1, 0.15) is 24.2 Å². The van der Waals surface area contributed by atoms with E-state index in [-0.39, 0.29) is 11.7 Å². The molecule has 3 aromatic rings. The van der Waals surface area contributed by atoms with Gasteiger partial charge in [-0.1, -0.05) is 30.3 Å². The average Bonchev–Trinajstić information content (AvgIpc) is 2.62. The van der Waals surface area contributed by atoms with E-state index in [0.29, 0.717) is 16.9 Å². The van der Waals surface area contributed by atoms with Crippen molar-refractivity contribution in [1.29, 1.82) is 0 Å². The minimum atomic E-state index is -0.371. The molecule has 25 heavy (non-hydrogen) atoms. The predicted octanol–water partition coefficient (Wildman–Crippen LogP) is 4.40. The normalized spacial score (nSPS) is 16.1. The molecule has 2 aromatic carbocycles. The molecule has 0 spiro atoms. The Morgan fingerprint density at radius 3 is 2.52 bits per heavy atom. The van der Waals surface area contributed by atoms with E-state index in [1.54, 1.807) is 0 Å². The van der Waals surface area contributed by atoms with Crippen LogP contribution in [0.5, 0.6) is 5.75 Å². The molecule has 0 bridgehead atoms. The van der Waals surface area contributed by atoms with Crippen molar-refractivity contribution in [3.05, 3.63) is 75.7 Å². The Labute approximate surface area is 146 Å². The van der Waals surface area contributed by atoms with Crippen molar-refractivity contribution >= 4 is 22.7 Å². The lowest BCUT2D eigenvalue weighted by Crippen LogP contribution is -2.18. The second-order valence-corrected chi connectivity index (χ2v) is 6.50. The molecule has 1 unspecified atom stereocenters. The van der Waals surface area contributed by atoms with Crippen LogP contribution in [0.2, 0.25) is 0 Å². The zero-order valence-electron chi connectivity index (χ0n) is 14.4. The van der Waals surface area contributed by atoms with Gasteiger partial charge < -0.3 is 14.1 Å². The molecule has 1 atom stereocenters. The van der Waals surface area contributed by atoms with Crippen molar-refractivity contribution in [2.45, 2.75) is 13.0 Å². The van der Waals surface area contributed by atoms with E-state index in [4.69, 9.17) is 9.15 Å². The van der Waals surface area contributed by atoms with Gasteiger partial charge in [0.15, 0.2) is 0 Å². The summed E-state index contributed by atoms with van der Waals surface area (Å²) < 4.78 is 11.8. The average molecular weight is 333 g/mol. The Morgan fingerprint density at radius 1 is 1.04 bits per heavy atom. The maximum atomic E-state index is 12.4. The molecular weight excluding hydrogens is 314 g/mol. The van der Waals surface area contributed by atoms with Gasteiger partial charge in [-0.2, -0.15) is 0 Å². The Bertz CT molecular complexity index is 1030. The second kappa shape index (κ2) is 5.81. The third-order valence-electron chi connectivity index (χ3n) is 4.52. The minimum Gasteiger partial charge on any atom is -0.480 e. The Balaban J connectivity index is 1.91. The number of rotatable bonds is 2. The van der Waals surface area contributed by atoms with Crippen LogP contribution in [0.4, 0.5) is 5.69 Å². The number of benzene rings is 2. The highest BCUT2D eigenvalue weighted by Gasteiger charge is 2.26. The molecule has 1 aliphatic rings. The van der Waals surface area contributed by atoms with Crippen molar-refractivity contribution < 1.29 is 9.15 Å². The molecule has 4 rings (SSSR count). The first kappa shape index (κ1) is 15.5. The summed E-state index contributed by atoms with van der Waals surface area (Å²) >= 11 is 0. The SMILES string of the molecule is CC1=Cc2c(c3ccc(N(C)C)cc3oc2=O)OC1c1ccccc1. The zero-order chi connectivity index (χ0) is 17.6. The quantitative estimate of drug-likeness (QED) is 0.652. The predicted molar refractivity (Wildman–Crippen MR) is 100 cm³/mol. The van der Waals surface area contributed by atoms with Crippen molar-refractivity contribution in [2.24, 2.45) is 0 Å². The molecule has 126 valence electrons. The van der Waals surface area contributed by atoms with Gasteiger partial charge in [0.2, 0.25) is 0 Å². The highest BCUT2D eigenvalue weighted by Crippen LogP contribution is 2.40. The van der Waals surface area contributed by atoms with E-state index in [9.17, 15) is 4.79 Å². The van der Waals surface area contributed by atoms with Crippen LogP contribution >= 0.6 is 0 Å². The first-order valence-corrected chi connectivity index (χ1v) is 8.22. The minimum absolute atomic E-state index is 0.202. The number of ether oxygens (including phenoxy) is 1. The van der Waals surface area contributed by atoms with Gasteiger partial charge in [0.25, 0.3) is 0 Å². The van der Waals surface area contributed by atoms with Gasteiger partial charge >= 0.3 is 5.63 Å². The number of fused-ring (bicyclic) bond motifs is 3. The molecule has 0 amide bonds. The Morgan fingerprint density at radius 2 is 1.80 bits per heavy atom. The molecule has 0 saturated carbocycles. The maximum absolute atomic E-state index is 12.4. The van der Waals surface area contributed by atoms with E-state index in [1.807, 2.05) is 80.5 Å². The van der Waals surface area contributed by atoms with Crippen LogP contribution in [0.3, 0.4) is 0 Å². The van der Waals surface area contributed by atoms with Crippen molar-refractivity contribution in [1.82, 2.24) is 0 Å². The molecule has 1 aliphatic heterocycles. The summed E-state index contributed by atoms with van der Waals surface area (Å²) in [6, 6.07) is 15.8. The van der Waals surface area contributed by atoms with Gasteiger partial charge in [-0.25, -0.2) is 4.79 Å². The van der Waals surface area contributed by atoms with Crippen LogP contribution in [0.25, 0.3) is 17.0 Å². The lowest BCUT2D eigenvalue weighted by atomic mass is 9.97. The third-order valence-corrected chi connectivity index (χ3v) is 4.52. The molecule has 4 nitrogen and oxygen atoms in total. The Kier molecular flexibility index (Phi) is 3.61. The lowest BCUT2D eigenvalue weighted by molar-refractivity contribution is 0.240. The number of hydrogen-bond acceptors (Lipinski definition) is 4. The molecule has 1 aromatic heterocycles. The summed E-state index contributed by atoms with van der Waals surface area (Å²) in [7, 11) is 3.90. The Hall–Kier alpha value is -3.01. The molecule has 0 saturated heterocycles. The summed E-state index contributed by atoms with van der Waals surface area (Å²) in [5.41, 5.74) is 3.66. The molecule has 0 radical (unpaired) electrons.